The number of methoxy groups -OCH3 is 1. The van der Waals surface area contributed by atoms with E-state index in [1.54, 1.807) is 30.2 Å². The van der Waals surface area contributed by atoms with E-state index in [0.717, 1.165) is 5.56 Å². The summed E-state index contributed by atoms with van der Waals surface area (Å²) < 4.78 is 10.3. The number of piperidine rings is 1. The average Bonchev–Trinajstić information content (AvgIpc) is 3.05. The van der Waals surface area contributed by atoms with Gasteiger partial charge in [0.15, 0.2) is 11.5 Å². The molecule has 1 N–H and O–H groups in total. The van der Waals surface area contributed by atoms with Crippen molar-refractivity contribution in [2.24, 2.45) is 0 Å². The Morgan fingerprint density at radius 3 is 2.83 bits per heavy atom. The number of aromatic nitrogens is 1. The molecule has 3 rings (SSSR count). The van der Waals surface area contributed by atoms with Gasteiger partial charge in [0.05, 0.1) is 12.2 Å². The van der Waals surface area contributed by atoms with Gasteiger partial charge in [-0.15, -0.1) is 0 Å². The zero-order chi connectivity index (χ0) is 17.2. The van der Waals surface area contributed by atoms with E-state index in [4.69, 9.17) is 20.9 Å². The summed E-state index contributed by atoms with van der Waals surface area (Å²) in [4.78, 5) is 14.2. The molecule has 1 fully saturated rings. The van der Waals surface area contributed by atoms with Gasteiger partial charge in [0.25, 0.3) is 5.91 Å². The Kier molecular flexibility index (Phi) is 4.89. The summed E-state index contributed by atoms with van der Waals surface area (Å²) in [5.41, 5.74) is 0.158. The zero-order valence-corrected chi connectivity index (χ0v) is 14.1. The summed E-state index contributed by atoms with van der Waals surface area (Å²) in [7, 11) is 1.56. The van der Waals surface area contributed by atoms with E-state index >= 15 is 0 Å². The molecule has 0 aliphatic carbocycles. The summed E-state index contributed by atoms with van der Waals surface area (Å²) in [5.74, 6) is 0.292. The highest BCUT2D eigenvalue weighted by atomic mass is 35.5. The van der Waals surface area contributed by atoms with Crippen LogP contribution in [0.3, 0.4) is 0 Å². The molecule has 24 heavy (non-hydrogen) atoms. The van der Waals surface area contributed by atoms with Gasteiger partial charge >= 0.3 is 0 Å². The summed E-state index contributed by atoms with van der Waals surface area (Å²) in [6, 6.07) is 8.78. The SMILES string of the molecule is COCC1(O)CCN(C(=O)c2cc(-c3cccc(Cl)c3)on2)CC1. The second kappa shape index (κ2) is 6.93. The van der Waals surface area contributed by atoms with Crippen LogP contribution in [0.5, 0.6) is 0 Å². The Labute approximate surface area is 144 Å². The van der Waals surface area contributed by atoms with Crippen LogP contribution in [0, 0.1) is 0 Å². The monoisotopic (exact) mass is 350 g/mol. The van der Waals surface area contributed by atoms with E-state index in [1.807, 2.05) is 12.1 Å². The molecule has 1 aromatic carbocycles. The molecule has 0 saturated carbocycles. The van der Waals surface area contributed by atoms with Crippen LogP contribution < -0.4 is 0 Å². The van der Waals surface area contributed by atoms with Gasteiger partial charge in [0.2, 0.25) is 0 Å². The molecule has 0 spiro atoms. The number of rotatable bonds is 4. The van der Waals surface area contributed by atoms with Gasteiger partial charge in [-0.3, -0.25) is 4.79 Å². The highest BCUT2D eigenvalue weighted by molar-refractivity contribution is 6.30. The van der Waals surface area contributed by atoms with Crippen molar-refractivity contribution < 1.29 is 19.2 Å². The predicted molar refractivity (Wildman–Crippen MR) is 88.9 cm³/mol. The van der Waals surface area contributed by atoms with Gasteiger partial charge in [-0.25, -0.2) is 0 Å². The van der Waals surface area contributed by atoms with Gasteiger partial charge in [-0.2, -0.15) is 0 Å². The van der Waals surface area contributed by atoms with E-state index in [1.165, 1.54) is 0 Å². The standard InChI is InChI=1S/C17H19ClN2O4/c1-23-11-17(22)5-7-20(8-6-17)16(21)14-10-15(24-19-14)12-3-2-4-13(18)9-12/h2-4,9-10,22H,5-8,11H2,1H3. The lowest BCUT2D eigenvalue weighted by Crippen LogP contribution is -2.48. The summed E-state index contributed by atoms with van der Waals surface area (Å²) in [6.45, 7) is 1.19. The first kappa shape index (κ1) is 17.0. The Balaban J connectivity index is 1.69. The number of benzene rings is 1. The fourth-order valence-electron chi connectivity index (χ4n) is 2.85. The van der Waals surface area contributed by atoms with Crippen molar-refractivity contribution in [3.63, 3.8) is 0 Å². The minimum absolute atomic E-state index is 0.202. The number of likely N-dealkylation sites (tertiary alicyclic amines) is 1. The third-order valence-corrected chi connectivity index (χ3v) is 4.47. The molecule has 1 aromatic heterocycles. The summed E-state index contributed by atoms with van der Waals surface area (Å²) in [5, 5.41) is 14.8. The van der Waals surface area contributed by atoms with Crippen molar-refractivity contribution >= 4 is 17.5 Å². The molecule has 1 aliphatic heterocycles. The van der Waals surface area contributed by atoms with Crippen LogP contribution in [0.15, 0.2) is 34.9 Å². The van der Waals surface area contributed by atoms with Crippen molar-refractivity contribution in [1.29, 1.82) is 0 Å². The number of hydrogen-bond donors (Lipinski definition) is 1. The van der Waals surface area contributed by atoms with Crippen molar-refractivity contribution in [3.8, 4) is 11.3 Å². The topological polar surface area (TPSA) is 75.8 Å². The zero-order valence-electron chi connectivity index (χ0n) is 13.4. The maximum absolute atomic E-state index is 12.5. The van der Waals surface area contributed by atoms with Crippen molar-refractivity contribution in [1.82, 2.24) is 10.1 Å². The number of nitrogens with zero attached hydrogens (tertiary/aromatic N) is 2. The number of halogens is 1. The van der Waals surface area contributed by atoms with E-state index in [2.05, 4.69) is 5.16 Å². The third kappa shape index (κ3) is 3.61. The van der Waals surface area contributed by atoms with E-state index in [9.17, 15) is 9.90 Å². The molecule has 0 radical (unpaired) electrons. The smallest absolute Gasteiger partial charge is 0.276 e. The Bertz CT molecular complexity index is 723. The summed E-state index contributed by atoms with van der Waals surface area (Å²) >= 11 is 5.97. The molecule has 0 unspecified atom stereocenters. The number of carbonyl (C=O) groups excluding carboxylic acids is 1. The lowest BCUT2D eigenvalue weighted by molar-refractivity contribution is -0.0663. The fraction of sp³-hybridized carbons (Fsp3) is 0.412. The molecule has 7 heteroatoms. The van der Waals surface area contributed by atoms with Crippen LogP contribution in [0.4, 0.5) is 0 Å². The lowest BCUT2D eigenvalue weighted by atomic mass is 9.92. The number of aliphatic hydroxyl groups is 1. The highest BCUT2D eigenvalue weighted by Crippen LogP contribution is 2.26. The molecule has 2 heterocycles. The van der Waals surface area contributed by atoms with Gasteiger partial charge in [0.1, 0.15) is 0 Å². The van der Waals surface area contributed by atoms with Crippen molar-refractivity contribution in [2.45, 2.75) is 18.4 Å². The minimum atomic E-state index is -0.860. The molecule has 2 aromatic rings. The highest BCUT2D eigenvalue weighted by Gasteiger charge is 2.34. The Hall–Kier alpha value is -1.89. The summed E-state index contributed by atoms with van der Waals surface area (Å²) in [6.07, 6.45) is 0.956. The van der Waals surface area contributed by atoms with Crippen LogP contribution in [-0.2, 0) is 4.74 Å². The normalized spacial score (nSPS) is 17.0. The van der Waals surface area contributed by atoms with Crippen LogP contribution in [-0.4, -0.2) is 53.5 Å². The van der Waals surface area contributed by atoms with Crippen molar-refractivity contribution in [3.05, 3.63) is 41.0 Å². The third-order valence-electron chi connectivity index (χ3n) is 4.23. The van der Waals surface area contributed by atoms with Crippen molar-refractivity contribution in [2.75, 3.05) is 26.8 Å². The Morgan fingerprint density at radius 2 is 2.17 bits per heavy atom. The molecule has 1 amide bonds. The second-order valence-corrected chi connectivity index (χ2v) is 6.47. The van der Waals surface area contributed by atoms with Gasteiger partial charge in [0, 0.05) is 36.9 Å². The van der Waals surface area contributed by atoms with Gasteiger partial charge in [-0.05, 0) is 25.0 Å². The molecule has 128 valence electrons. The van der Waals surface area contributed by atoms with Crippen LogP contribution in [0.1, 0.15) is 23.3 Å². The lowest BCUT2D eigenvalue weighted by Gasteiger charge is -2.37. The number of carbonyl (C=O) groups is 1. The van der Waals surface area contributed by atoms with E-state index in [0.29, 0.717) is 36.7 Å². The first-order valence-electron chi connectivity index (χ1n) is 7.74. The second-order valence-electron chi connectivity index (χ2n) is 6.04. The first-order valence-corrected chi connectivity index (χ1v) is 8.12. The van der Waals surface area contributed by atoms with Crippen LogP contribution >= 0.6 is 11.6 Å². The predicted octanol–water partition coefficient (Wildman–Crippen LogP) is 2.61. The average molecular weight is 351 g/mol. The Morgan fingerprint density at radius 1 is 1.42 bits per heavy atom. The maximum atomic E-state index is 12.5. The molecule has 1 saturated heterocycles. The van der Waals surface area contributed by atoms with E-state index < -0.39 is 5.60 Å². The van der Waals surface area contributed by atoms with Gasteiger partial charge < -0.3 is 19.3 Å². The number of amides is 1. The molecular formula is C17H19ClN2O4. The molecule has 1 aliphatic rings. The quantitative estimate of drug-likeness (QED) is 0.917. The number of hydrogen-bond acceptors (Lipinski definition) is 5. The number of ether oxygens (including phenoxy) is 1. The fourth-order valence-corrected chi connectivity index (χ4v) is 3.05. The molecule has 6 nitrogen and oxygen atoms in total. The largest absolute Gasteiger partial charge is 0.387 e. The molecule has 0 bridgehead atoms. The van der Waals surface area contributed by atoms with E-state index in [-0.39, 0.29) is 18.2 Å². The van der Waals surface area contributed by atoms with Crippen LogP contribution in [0.25, 0.3) is 11.3 Å². The molecular weight excluding hydrogens is 332 g/mol. The van der Waals surface area contributed by atoms with Crippen LogP contribution in [0.2, 0.25) is 5.02 Å². The molecule has 0 atom stereocenters. The minimum Gasteiger partial charge on any atom is -0.387 e. The van der Waals surface area contributed by atoms with Gasteiger partial charge in [-0.1, -0.05) is 28.9 Å². The first-order chi connectivity index (χ1) is 11.5. The maximum Gasteiger partial charge on any atom is 0.276 e.